The predicted molar refractivity (Wildman–Crippen MR) is 103 cm³/mol. The van der Waals surface area contributed by atoms with Crippen molar-refractivity contribution in [3.05, 3.63) is 59.0 Å². The third kappa shape index (κ3) is 3.44. The summed E-state index contributed by atoms with van der Waals surface area (Å²) in [6, 6.07) is 12.0. The molecule has 1 fully saturated rings. The van der Waals surface area contributed by atoms with E-state index in [1.54, 1.807) is 42.3 Å². The van der Waals surface area contributed by atoms with Crippen molar-refractivity contribution in [3.8, 4) is 22.6 Å². The lowest BCUT2D eigenvalue weighted by atomic mass is 10.0. The van der Waals surface area contributed by atoms with E-state index in [4.69, 9.17) is 18.6 Å². The molecule has 0 radical (unpaired) electrons. The van der Waals surface area contributed by atoms with Gasteiger partial charge in [0.2, 0.25) is 5.43 Å². The van der Waals surface area contributed by atoms with Gasteiger partial charge in [-0.2, -0.15) is 0 Å². The van der Waals surface area contributed by atoms with Gasteiger partial charge in [0, 0.05) is 24.7 Å². The normalized spacial score (nSPS) is 14.1. The van der Waals surface area contributed by atoms with Crippen LogP contribution in [0.25, 0.3) is 22.1 Å². The van der Waals surface area contributed by atoms with E-state index in [2.05, 4.69) is 0 Å². The summed E-state index contributed by atoms with van der Waals surface area (Å²) in [6.45, 7) is 1.97. The van der Waals surface area contributed by atoms with Gasteiger partial charge in [-0.15, -0.1) is 0 Å². The summed E-state index contributed by atoms with van der Waals surface area (Å²) in [5.41, 5.74) is 1.22. The number of benzene rings is 2. The number of amides is 1. The summed E-state index contributed by atoms with van der Waals surface area (Å²) in [7, 11) is 1.55. The zero-order chi connectivity index (χ0) is 19.5. The lowest BCUT2D eigenvalue weighted by Crippen LogP contribution is -2.42. The molecule has 2 heterocycles. The molecule has 0 unspecified atom stereocenters. The summed E-state index contributed by atoms with van der Waals surface area (Å²) in [5.74, 6) is 0.905. The molecule has 0 aliphatic carbocycles. The maximum atomic E-state index is 12.9. The molecule has 0 N–H and O–H groups in total. The minimum atomic E-state index is -0.448. The van der Waals surface area contributed by atoms with Gasteiger partial charge in [-0.1, -0.05) is 18.2 Å². The molecule has 144 valence electrons. The summed E-state index contributed by atoms with van der Waals surface area (Å²) in [5, 5.41) is 0.398. The number of methoxy groups -OCH3 is 1. The Morgan fingerprint density at radius 2 is 1.86 bits per heavy atom. The van der Waals surface area contributed by atoms with Crippen LogP contribution in [0.2, 0.25) is 0 Å². The monoisotopic (exact) mass is 381 g/mol. The summed E-state index contributed by atoms with van der Waals surface area (Å²) in [6.07, 6.45) is 0.950. The Hall–Kier alpha value is -3.32. The topological polar surface area (TPSA) is 78.2 Å². The van der Waals surface area contributed by atoms with Crippen molar-refractivity contribution >= 4 is 17.1 Å². The van der Waals surface area contributed by atoms with E-state index in [0.29, 0.717) is 59.9 Å². The number of ether oxygens (including phenoxy) is 3. The quantitative estimate of drug-likeness (QED) is 0.693. The first-order valence-electron chi connectivity index (χ1n) is 8.91. The van der Waals surface area contributed by atoms with E-state index in [1.165, 1.54) is 6.26 Å². The average Bonchev–Trinajstić information content (AvgIpc) is 2.74. The second kappa shape index (κ2) is 7.74. The molecule has 0 spiro atoms. The molecule has 4 rings (SSSR count). The maximum Gasteiger partial charge on any atom is 0.415 e. The number of hydrogen-bond donors (Lipinski definition) is 0. The third-order valence-electron chi connectivity index (χ3n) is 4.62. The summed E-state index contributed by atoms with van der Waals surface area (Å²) < 4.78 is 21.6. The molecule has 0 saturated carbocycles. The Balaban J connectivity index is 1.65. The fourth-order valence-corrected chi connectivity index (χ4v) is 3.14. The van der Waals surface area contributed by atoms with Gasteiger partial charge < -0.3 is 23.5 Å². The van der Waals surface area contributed by atoms with Gasteiger partial charge in [0.1, 0.15) is 23.3 Å². The maximum absolute atomic E-state index is 12.9. The number of carbonyl (C=O) groups excluding carboxylic acids is 1. The number of fused-ring (bicyclic) bond motifs is 1. The zero-order valence-electron chi connectivity index (χ0n) is 15.3. The summed E-state index contributed by atoms with van der Waals surface area (Å²) >= 11 is 0. The molecule has 28 heavy (non-hydrogen) atoms. The molecule has 1 aliphatic rings. The third-order valence-corrected chi connectivity index (χ3v) is 4.62. The number of nitrogens with zero attached hydrogens (tertiary/aromatic N) is 1. The van der Waals surface area contributed by atoms with Gasteiger partial charge in [-0.3, -0.25) is 4.79 Å². The van der Waals surface area contributed by atoms with Gasteiger partial charge in [0.05, 0.1) is 31.3 Å². The number of carbonyl (C=O) groups is 1. The Bertz CT molecular complexity index is 1070. The first kappa shape index (κ1) is 18.1. The van der Waals surface area contributed by atoms with Crippen LogP contribution in [-0.4, -0.2) is 44.4 Å². The zero-order valence-corrected chi connectivity index (χ0v) is 15.3. The Kier molecular flexibility index (Phi) is 4.99. The molecule has 1 amide bonds. The van der Waals surface area contributed by atoms with E-state index in [9.17, 15) is 9.59 Å². The number of morpholine rings is 1. The predicted octanol–water partition coefficient (Wildman–Crippen LogP) is 3.30. The van der Waals surface area contributed by atoms with Crippen LogP contribution < -0.4 is 14.9 Å². The lowest BCUT2D eigenvalue weighted by molar-refractivity contribution is 0.0416. The minimum Gasteiger partial charge on any atom is -0.496 e. The minimum absolute atomic E-state index is 0.184. The van der Waals surface area contributed by atoms with Crippen LogP contribution in [0.15, 0.2) is 57.9 Å². The molecule has 7 heteroatoms. The van der Waals surface area contributed by atoms with E-state index in [1.807, 2.05) is 12.1 Å². The molecule has 1 saturated heterocycles. The van der Waals surface area contributed by atoms with E-state index in [0.717, 1.165) is 0 Å². The molecule has 0 atom stereocenters. The van der Waals surface area contributed by atoms with E-state index in [-0.39, 0.29) is 5.43 Å². The van der Waals surface area contributed by atoms with Crippen molar-refractivity contribution in [1.29, 1.82) is 0 Å². The molecule has 3 aromatic rings. The van der Waals surface area contributed by atoms with Crippen molar-refractivity contribution in [2.75, 3.05) is 33.4 Å². The highest BCUT2D eigenvalue weighted by atomic mass is 16.6. The van der Waals surface area contributed by atoms with Crippen LogP contribution in [0.5, 0.6) is 11.5 Å². The van der Waals surface area contributed by atoms with Crippen LogP contribution in [0, 0.1) is 0 Å². The second-order valence-electron chi connectivity index (χ2n) is 6.30. The van der Waals surface area contributed by atoms with Gasteiger partial charge in [-0.05, 0) is 18.2 Å². The van der Waals surface area contributed by atoms with Crippen molar-refractivity contribution in [3.63, 3.8) is 0 Å². The molecule has 1 aromatic heterocycles. The van der Waals surface area contributed by atoms with Crippen LogP contribution in [0.3, 0.4) is 0 Å². The highest BCUT2D eigenvalue weighted by molar-refractivity contribution is 5.84. The fourth-order valence-electron chi connectivity index (χ4n) is 3.14. The molecule has 0 bridgehead atoms. The average molecular weight is 381 g/mol. The van der Waals surface area contributed by atoms with Gasteiger partial charge in [0.15, 0.2) is 0 Å². The Morgan fingerprint density at radius 3 is 2.64 bits per heavy atom. The van der Waals surface area contributed by atoms with E-state index >= 15 is 0 Å². The van der Waals surface area contributed by atoms with Crippen LogP contribution in [0.1, 0.15) is 0 Å². The second-order valence-corrected chi connectivity index (χ2v) is 6.30. The number of rotatable bonds is 3. The highest BCUT2D eigenvalue weighted by Crippen LogP contribution is 2.29. The van der Waals surface area contributed by atoms with E-state index < -0.39 is 6.09 Å². The van der Waals surface area contributed by atoms with Crippen molar-refractivity contribution in [2.24, 2.45) is 0 Å². The first-order valence-corrected chi connectivity index (χ1v) is 8.91. The molecule has 2 aromatic carbocycles. The molecular formula is C21H19NO6. The van der Waals surface area contributed by atoms with Crippen LogP contribution in [0.4, 0.5) is 4.79 Å². The lowest BCUT2D eigenvalue weighted by Gasteiger charge is -2.25. The van der Waals surface area contributed by atoms with Crippen molar-refractivity contribution in [1.82, 2.24) is 4.90 Å². The van der Waals surface area contributed by atoms with Crippen LogP contribution >= 0.6 is 0 Å². The SMILES string of the molecule is COc1ccccc1-c1coc2cc(OC(=O)N3CCOCC3)ccc2c1=O. The van der Waals surface area contributed by atoms with Gasteiger partial charge >= 0.3 is 6.09 Å². The summed E-state index contributed by atoms with van der Waals surface area (Å²) in [4.78, 5) is 26.7. The Morgan fingerprint density at radius 1 is 1.07 bits per heavy atom. The highest BCUT2D eigenvalue weighted by Gasteiger charge is 2.19. The van der Waals surface area contributed by atoms with Gasteiger partial charge in [0.25, 0.3) is 0 Å². The van der Waals surface area contributed by atoms with Crippen molar-refractivity contribution in [2.45, 2.75) is 0 Å². The molecule has 1 aliphatic heterocycles. The first-order chi connectivity index (χ1) is 13.7. The molecular weight excluding hydrogens is 362 g/mol. The standard InChI is InChI=1S/C21H19NO6/c1-25-18-5-3-2-4-15(18)17-13-27-19-12-14(6-7-16(19)20(17)23)28-21(24)22-8-10-26-11-9-22/h2-7,12-13H,8-11H2,1H3. The largest absolute Gasteiger partial charge is 0.496 e. The fraction of sp³-hybridized carbons (Fsp3) is 0.238. The number of hydrogen-bond acceptors (Lipinski definition) is 6. The Labute approximate surface area is 161 Å². The van der Waals surface area contributed by atoms with Crippen LogP contribution in [-0.2, 0) is 4.74 Å². The molecule has 7 nitrogen and oxygen atoms in total. The number of para-hydroxylation sites is 1. The van der Waals surface area contributed by atoms with Gasteiger partial charge in [-0.25, -0.2) is 4.79 Å². The smallest absolute Gasteiger partial charge is 0.415 e. The van der Waals surface area contributed by atoms with Crippen molar-refractivity contribution < 1.29 is 23.4 Å².